The fourth-order valence-corrected chi connectivity index (χ4v) is 1.27. The predicted octanol–water partition coefficient (Wildman–Crippen LogP) is 0.376. The largest absolute Gasteiger partial charge is 0.382 e. The van der Waals surface area contributed by atoms with Crippen LogP contribution in [0.3, 0.4) is 0 Å². The lowest BCUT2D eigenvalue weighted by molar-refractivity contribution is -0.122. The first-order chi connectivity index (χ1) is 7.74. The normalized spacial score (nSPS) is 10.8. The van der Waals surface area contributed by atoms with Crippen LogP contribution in [0.1, 0.15) is 26.7 Å². The number of hydrazine groups is 1. The van der Waals surface area contributed by atoms with Crippen molar-refractivity contribution in [3.8, 4) is 0 Å². The maximum Gasteiger partial charge on any atom is 0.235 e. The maximum absolute atomic E-state index is 11.4. The van der Waals surface area contributed by atoms with Crippen LogP contribution in [0.2, 0.25) is 0 Å². The number of hydrogen-bond donors (Lipinski definition) is 2. The van der Waals surface area contributed by atoms with Crippen LogP contribution in [0.15, 0.2) is 0 Å². The minimum Gasteiger partial charge on any atom is -0.382 e. The molecule has 0 aliphatic rings. The molecule has 1 amide bonds. The summed E-state index contributed by atoms with van der Waals surface area (Å²) in [5.41, 5.74) is 3.00. The fourth-order valence-electron chi connectivity index (χ4n) is 1.27. The first-order valence-electron chi connectivity index (χ1n) is 6.01. The van der Waals surface area contributed by atoms with Gasteiger partial charge in [-0.2, -0.15) is 0 Å². The molecule has 0 aliphatic carbocycles. The SMILES string of the molecule is CCCNC(=O)CN(CCCOCC)NC. The first-order valence-corrected chi connectivity index (χ1v) is 6.01. The predicted molar refractivity (Wildman–Crippen MR) is 65.0 cm³/mol. The van der Waals surface area contributed by atoms with Crippen molar-refractivity contribution in [1.82, 2.24) is 15.8 Å². The van der Waals surface area contributed by atoms with E-state index in [1.165, 1.54) is 0 Å². The number of hydrogen-bond acceptors (Lipinski definition) is 4. The lowest BCUT2D eigenvalue weighted by atomic mass is 10.4. The molecule has 0 atom stereocenters. The van der Waals surface area contributed by atoms with Crippen LogP contribution in [0.25, 0.3) is 0 Å². The van der Waals surface area contributed by atoms with Crippen LogP contribution in [0.4, 0.5) is 0 Å². The molecule has 0 aliphatic heterocycles. The van der Waals surface area contributed by atoms with Gasteiger partial charge in [0.2, 0.25) is 5.91 Å². The third-order valence-electron chi connectivity index (χ3n) is 2.14. The highest BCUT2D eigenvalue weighted by Crippen LogP contribution is 1.88. The molecule has 0 saturated carbocycles. The van der Waals surface area contributed by atoms with Gasteiger partial charge in [0.15, 0.2) is 0 Å². The third kappa shape index (κ3) is 8.64. The van der Waals surface area contributed by atoms with E-state index >= 15 is 0 Å². The van der Waals surface area contributed by atoms with Gasteiger partial charge in [-0.05, 0) is 26.8 Å². The first kappa shape index (κ1) is 15.3. The summed E-state index contributed by atoms with van der Waals surface area (Å²) in [5.74, 6) is 0.0626. The van der Waals surface area contributed by atoms with E-state index in [1.54, 1.807) is 0 Å². The van der Waals surface area contributed by atoms with E-state index in [0.29, 0.717) is 6.54 Å². The van der Waals surface area contributed by atoms with Crippen molar-refractivity contribution in [2.24, 2.45) is 0 Å². The van der Waals surface area contributed by atoms with Crippen molar-refractivity contribution >= 4 is 5.91 Å². The number of nitrogens with one attached hydrogen (secondary N) is 2. The summed E-state index contributed by atoms with van der Waals surface area (Å²) in [7, 11) is 1.83. The molecular formula is C11H25N3O2. The zero-order chi connectivity index (χ0) is 12.2. The van der Waals surface area contributed by atoms with Gasteiger partial charge >= 0.3 is 0 Å². The van der Waals surface area contributed by atoms with Crippen LogP contribution < -0.4 is 10.7 Å². The molecule has 2 N–H and O–H groups in total. The van der Waals surface area contributed by atoms with Crippen molar-refractivity contribution in [3.05, 3.63) is 0 Å². The Kier molecular flexibility index (Phi) is 10.4. The molecule has 5 nitrogen and oxygen atoms in total. The molecular weight excluding hydrogens is 206 g/mol. The number of ether oxygens (including phenoxy) is 1. The van der Waals surface area contributed by atoms with E-state index in [1.807, 2.05) is 25.9 Å². The maximum atomic E-state index is 11.4. The summed E-state index contributed by atoms with van der Waals surface area (Å²) in [5, 5.41) is 4.74. The Bertz CT molecular complexity index is 177. The Morgan fingerprint density at radius 3 is 2.69 bits per heavy atom. The Morgan fingerprint density at radius 2 is 2.12 bits per heavy atom. The van der Waals surface area contributed by atoms with Gasteiger partial charge in [-0.15, -0.1) is 0 Å². The summed E-state index contributed by atoms with van der Waals surface area (Å²) in [6, 6.07) is 0. The molecule has 0 aromatic carbocycles. The van der Waals surface area contributed by atoms with Gasteiger partial charge in [0.25, 0.3) is 0 Å². The molecule has 0 radical (unpaired) electrons. The molecule has 0 spiro atoms. The topological polar surface area (TPSA) is 53.6 Å². The number of carbonyl (C=O) groups excluding carboxylic acids is 1. The minimum absolute atomic E-state index is 0.0626. The summed E-state index contributed by atoms with van der Waals surface area (Å²) in [6.07, 6.45) is 1.89. The molecule has 0 heterocycles. The van der Waals surface area contributed by atoms with E-state index in [2.05, 4.69) is 10.7 Å². The number of rotatable bonds is 10. The van der Waals surface area contributed by atoms with Crippen LogP contribution in [-0.2, 0) is 9.53 Å². The highest BCUT2D eigenvalue weighted by Gasteiger charge is 2.07. The lowest BCUT2D eigenvalue weighted by Gasteiger charge is -2.20. The fraction of sp³-hybridized carbons (Fsp3) is 0.909. The van der Waals surface area contributed by atoms with Crippen molar-refractivity contribution < 1.29 is 9.53 Å². The molecule has 5 heteroatoms. The third-order valence-corrected chi connectivity index (χ3v) is 2.14. The summed E-state index contributed by atoms with van der Waals surface area (Å²) in [4.78, 5) is 11.4. The molecule has 0 aromatic rings. The molecule has 0 bridgehead atoms. The average Bonchev–Trinajstić information content (AvgIpc) is 2.30. The second-order valence-corrected chi connectivity index (χ2v) is 3.55. The summed E-state index contributed by atoms with van der Waals surface area (Å²) >= 11 is 0. The van der Waals surface area contributed by atoms with Gasteiger partial charge in [-0.25, -0.2) is 5.01 Å². The Labute approximate surface area is 98.5 Å². The molecule has 16 heavy (non-hydrogen) atoms. The van der Waals surface area contributed by atoms with E-state index in [9.17, 15) is 4.79 Å². The van der Waals surface area contributed by atoms with Crippen LogP contribution in [-0.4, -0.2) is 50.8 Å². The Balaban J connectivity index is 3.60. The van der Waals surface area contributed by atoms with Crippen LogP contribution >= 0.6 is 0 Å². The molecule has 96 valence electrons. The zero-order valence-electron chi connectivity index (χ0n) is 10.7. The molecule has 0 aromatic heterocycles. The van der Waals surface area contributed by atoms with Gasteiger partial charge in [0.05, 0.1) is 6.54 Å². The van der Waals surface area contributed by atoms with Crippen LogP contribution in [0.5, 0.6) is 0 Å². The van der Waals surface area contributed by atoms with Gasteiger partial charge in [0.1, 0.15) is 0 Å². The second kappa shape index (κ2) is 10.9. The monoisotopic (exact) mass is 231 g/mol. The van der Waals surface area contributed by atoms with Crippen molar-refractivity contribution in [2.45, 2.75) is 26.7 Å². The quantitative estimate of drug-likeness (QED) is 0.421. The highest BCUT2D eigenvalue weighted by molar-refractivity contribution is 5.77. The van der Waals surface area contributed by atoms with Gasteiger partial charge in [-0.3, -0.25) is 10.2 Å². The molecule has 0 saturated heterocycles. The summed E-state index contributed by atoms with van der Waals surface area (Å²) < 4.78 is 5.24. The van der Waals surface area contributed by atoms with Crippen molar-refractivity contribution in [2.75, 3.05) is 39.9 Å². The van der Waals surface area contributed by atoms with E-state index in [4.69, 9.17) is 4.74 Å². The second-order valence-electron chi connectivity index (χ2n) is 3.55. The van der Waals surface area contributed by atoms with Crippen molar-refractivity contribution in [1.29, 1.82) is 0 Å². The smallest absolute Gasteiger partial charge is 0.235 e. The highest BCUT2D eigenvalue weighted by atomic mass is 16.5. The van der Waals surface area contributed by atoms with Gasteiger partial charge in [0, 0.05) is 26.3 Å². The van der Waals surface area contributed by atoms with E-state index < -0.39 is 0 Å². The number of nitrogens with zero attached hydrogens (tertiary/aromatic N) is 1. The zero-order valence-corrected chi connectivity index (χ0v) is 10.7. The lowest BCUT2D eigenvalue weighted by Crippen LogP contribution is -2.44. The minimum atomic E-state index is 0.0626. The van der Waals surface area contributed by atoms with Crippen molar-refractivity contribution in [3.63, 3.8) is 0 Å². The van der Waals surface area contributed by atoms with Crippen LogP contribution in [0, 0.1) is 0 Å². The van der Waals surface area contributed by atoms with Gasteiger partial charge < -0.3 is 10.1 Å². The average molecular weight is 231 g/mol. The van der Waals surface area contributed by atoms with E-state index in [-0.39, 0.29) is 5.91 Å². The standard InChI is InChI=1S/C11H25N3O2/c1-4-7-13-11(15)10-14(12-3)8-6-9-16-5-2/h12H,4-10H2,1-3H3,(H,13,15). The van der Waals surface area contributed by atoms with Gasteiger partial charge in [-0.1, -0.05) is 6.92 Å². The molecule has 0 unspecified atom stereocenters. The molecule has 0 fully saturated rings. The number of amides is 1. The number of carbonyl (C=O) groups is 1. The van der Waals surface area contributed by atoms with E-state index in [0.717, 1.165) is 39.1 Å². The molecule has 0 rings (SSSR count). The Morgan fingerprint density at radius 1 is 1.38 bits per heavy atom. The summed E-state index contributed by atoms with van der Waals surface area (Å²) in [6.45, 7) is 7.46. The Hall–Kier alpha value is -0.650.